The van der Waals surface area contributed by atoms with E-state index in [1.54, 1.807) is 73.8 Å². The van der Waals surface area contributed by atoms with Gasteiger partial charge in [-0.2, -0.15) is 0 Å². The number of hydrogen-bond acceptors (Lipinski definition) is 5. The van der Waals surface area contributed by atoms with Crippen molar-refractivity contribution >= 4 is 15.8 Å². The van der Waals surface area contributed by atoms with Crippen LogP contribution >= 0.6 is 0 Å². The average molecular weight is 394 g/mol. The molecule has 4 rings (SSSR count). The molecular formula is C22H18O5S. The Kier molecular flexibility index (Phi) is 4.43. The molecule has 3 aromatic carbocycles. The third-order valence-electron chi connectivity index (χ3n) is 4.97. The van der Waals surface area contributed by atoms with Crippen LogP contribution in [0.5, 0.6) is 5.75 Å². The molecule has 0 spiro atoms. The second-order valence-electron chi connectivity index (χ2n) is 6.48. The van der Waals surface area contributed by atoms with E-state index in [1.807, 2.05) is 0 Å². The van der Waals surface area contributed by atoms with E-state index >= 15 is 0 Å². The van der Waals surface area contributed by atoms with E-state index < -0.39 is 21.1 Å². The summed E-state index contributed by atoms with van der Waals surface area (Å²) in [5.41, 5.74) is 3.11. The lowest BCUT2D eigenvalue weighted by Crippen LogP contribution is -2.13. The maximum Gasteiger partial charge on any atom is 0.337 e. The Morgan fingerprint density at radius 2 is 1.50 bits per heavy atom. The molecule has 0 aromatic heterocycles. The van der Waals surface area contributed by atoms with E-state index in [1.165, 1.54) is 7.11 Å². The highest BCUT2D eigenvalue weighted by atomic mass is 32.2. The molecule has 0 amide bonds. The van der Waals surface area contributed by atoms with Gasteiger partial charge in [0.1, 0.15) is 11.0 Å². The van der Waals surface area contributed by atoms with Crippen LogP contribution in [0, 0.1) is 0 Å². The van der Waals surface area contributed by atoms with Gasteiger partial charge in [0.25, 0.3) is 0 Å². The molecule has 6 heteroatoms. The number of esters is 1. The Morgan fingerprint density at radius 1 is 0.857 bits per heavy atom. The highest BCUT2D eigenvalue weighted by molar-refractivity contribution is 7.92. The standard InChI is InChI=1S/C22H18O5S/c1-26-15-9-11-18-20(13-15)19-12-14(22(23)27-2)8-10-17(19)21(18)28(24,25)16-6-4-3-5-7-16/h3-13,21H,1-2H3. The van der Waals surface area contributed by atoms with Crippen LogP contribution in [0.1, 0.15) is 26.7 Å². The SMILES string of the molecule is COC(=O)c1ccc2c(c1)-c1cc(OC)ccc1C2S(=O)(=O)c1ccccc1. The van der Waals surface area contributed by atoms with Gasteiger partial charge in [0, 0.05) is 0 Å². The largest absolute Gasteiger partial charge is 0.497 e. The predicted molar refractivity (Wildman–Crippen MR) is 105 cm³/mol. The van der Waals surface area contributed by atoms with Crippen LogP contribution in [0.2, 0.25) is 0 Å². The van der Waals surface area contributed by atoms with Crippen molar-refractivity contribution in [3.63, 3.8) is 0 Å². The lowest BCUT2D eigenvalue weighted by atomic mass is 10.0. The van der Waals surface area contributed by atoms with Gasteiger partial charge in [-0.25, -0.2) is 13.2 Å². The van der Waals surface area contributed by atoms with Gasteiger partial charge in [-0.05, 0) is 58.7 Å². The fraction of sp³-hybridized carbons (Fsp3) is 0.136. The Hall–Kier alpha value is -3.12. The summed E-state index contributed by atoms with van der Waals surface area (Å²) in [5.74, 6) is 0.146. The van der Waals surface area contributed by atoms with Crippen LogP contribution in [0.4, 0.5) is 0 Å². The average Bonchev–Trinajstić information content (AvgIpc) is 3.07. The maximum absolute atomic E-state index is 13.5. The van der Waals surface area contributed by atoms with Gasteiger partial charge in [-0.15, -0.1) is 0 Å². The Morgan fingerprint density at radius 3 is 2.14 bits per heavy atom. The molecule has 1 atom stereocenters. The van der Waals surface area contributed by atoms with Crippen molar-refractivity contribution in [1.82, 2.24) is 0 Å². The summed E-state index contributed by atoms with van der Waals surface area (Å²) in [6, 6.07) is 18.7. The molecule has 0 aliphatic heterocycles. The van der Waals surface area contributed by atoms with Gasteiger partial charge in [-0.1, -0.05) is 30.3 Å². The van der Waals surface area contributed by atoms with Gasteiger partial charge in [0.2, 0.25) is 0 Å². The van der Waals surface area contributed by atoms with Gasteiger partial charge in [0.05, 0.1) is 24.7 Å². The minimum absolute atomic E-state index is 0.256. The van der Waals surface area contributed by atoms with Crippen molar-refractivity contribution in [2.45, 2.75) is 10.1 Å². The van der Waals surface area contributed by atoms with Gasteiger partial charge >= 0.3 is 5.97 Å². The minimum atomic E-state index is -3.68. The molecule has 0 bridgehead atoms. The third kappa shape index (κ3) is 2.77. The summed E-state index contributed by atoms with van der Waals surface area (Å²) < 4.78 is 37.1. The fourth-order valence-electron chi connectivity index (χ4n) is 3.64. The quantitative estimate of drug-likeness (QED) is 0.625. The first-order valence-electron chi connectivity index (χ1n) is 8.67. The molecule has 142 valence electrons. The highest BCUT2D eigenvalue weighted by Gasteiger charge is 2.39. The number of benzene rings is 3. The van der Waals surface area contributed by atoms with E-state index in [-0.39, 0.29) is 4.90 Å². The van der Waals surface area contributed by atoms with Crippen molar-refractivity contribution < 1.29 is 22.7 Å². The van der Waals surface area contributed by atoms with E-state index in [4.69, 9.17) is 9.47 Å². The maximum atomic E-state index is 13.5. The first-order chi connectivity index (χ1) is 13.5. The number of methoxy groups -OCH3 is 2. The van der Waals surface area contributed by atoms with Crippen molar-refractivity contribution in [2.75, 3.05) is 14.2 Å². The fourth-order valence-corrected chi connectivity index (χ4v) is 5.52. The van der Waals surface area contributed by atoms with E-state index in [9.17, 15) is 13.2 Å². The molecular weight excluding hydrogens is 376 g/mol. The molecule has 0 N–H and O–H groups in total. The molecule has 0 saturated heterocycles. The van der Waals surface area contributed by atoms with E-state index in [2.05, 4.69) is 0 Å². The molecule has 5 nitrogen and oxygen atoms in total. The van der Waals surface area contributed by atoms with Crippen molar-refractivity contribution in [1.29, 1.82) is 0 Å². The third-order valence-corrected chi connectivity index (χ3v) is 7.03. The monoisotopic (exact) mass is 394 g/mol. The highest BCUT2D eigenvalue weighted by Crippen LogP contribution is 2.50. The Labute approximate surface area is 163 Å². The number of hydrogen-bond donors (Lipinski definition) is 0. The first-order valence-corrected chi connectivity index (χ1v) is 10.2. The molecule has 1 aliphatic rings. The summed E-state index contributed by atoms with van der Waals surface area (Å²) in [7, 11) is -0.810. The Bertz CT molecular complexity index is 1170. The van der Waals surface area contributed by atoms with Crippen LogP contribution in [0.3, 0.4) is 0 Å². The second-order valence-corrected chi connectivity index (χ2v) is 8.52. The lowest BCUT2D eigenvalue weighted by molar-refractivity contribution is 0.0601. The zero-order chi connectivity index (χ0) is 19.9. The van der Waals surface area contributed by atoms with Crippen LogP contribution in [0.15, 0.2) is 71.6 Å². The normalized spacial score (nSPS) is 14.9. The van der Waals surface area contributed by atoms with E-state index in [0.29, 0.717) is 28.0 Å². The number of rotatable bonds is 4. The summed E-state index contributed by atoms with van der Waals surface area (Å²) in [4.78, 5) is 12.2. The van der Waals surface area contributed by atoms with Crippen molar-refractivity contribution in [3.05, 3.63) is 83.4 Å². The molecule has 0 heterocycles. The summed E-state index contributed by atoms with van der Waals surface area (Å²) in [5, 5.41) is -0.850. The van der Waals surface area contributed by atoms with Crippen LogP contribution in [0.25, 0.3) is 11.1 Å². The number of fused-ring (bicyclic) bond motifs is 3. The Balaban J connectivity index is 1.97. The number of carbonyl (C=O) groups is 1. The van der Waals surface area contributed by atoms with Gasteiger partial charge in [0.15, 0.2) is 9.84 Å². The first kappa shape index (κ1) is 18.3. The topological polar surface area (TPSA) is 69.7 Å². The summed E-state index contributed by atoms with van der Waals surface area (Å²) in [6.45, 7) is 0. The number of carbonyl (C=O) groups excluding carboxylic acids is 1. The zero-order valence-electron chi connectivity index (χ0n) is 15.4. The van der Waals surface area contributed by atoms with Gasteiger partial charge in [-0.3, -0.25) is 0 Å². The molecule has 1 unspecified atom stereocenters. The number of ether oxygens (including phenoxy) is 2. The summed E-state index contributed by atoms with van der Waals surface area (Å²) in [6.07, 6.45) is 0. The predicted octanol–water partition coefficient (Wildman–Crippen LogP) is 4.03. The van der Waals surface area contributed by atoms with Crippen LogP contribution in [-0.4, -0.2) is 28.6 Å². The van der Waals surface area contributed by atoms with Crippen molar-refractivity contribution in [3.8, 4) is 16.9 Å². The smallest absolute Gasteiger partial charge is 0.337 e. The minimum Gasteiger partial charge on any atom is -0.497 e. The van der Waals surface area contributed by atoms with Crippen LogP contribution < -0.4 is 4.74 Å². The van der Waals surface area contributed by atoms with Crippen LogP contribution in [-0.2, 0) is 14.6 Å². The summed E-state index contributed by atoms with van der Waals surface area (Å²) >= 11 is 0. The zero-order valence-corrected chi connectivity index (χ0v) is 16.2. The molecule has 0 fully saturated rings. The molecule has 28 heavy (non-hydrogen) atoms. The molecule has 1 aliphatic carbocycles. The molecule has 3 aromatic rings. The molecule has 0 radical (unpaired) electrons. The van der Waals surface area contributed by atoms with Gasteiger partial charge < -0.3 is 9.47 Å². The van der Waals surface area contributed by atoms with E-state index in [0.717, 1.165) is 5.56 Å². The molecule has 0 saturated carbocycles. The number of sulfone groups is 1. The van der Waals surface area contributed by atoms with Crippen molar-refractivity contribution in [2.24, 2.45) is 0 Å². The second kappa shape index (κ2) is 6.80. The lowest BCUT2D eigenvalue weighted by Gasteiger charge is -2.15.